The van der Waals surface area contributed by atoms with Gasteiger partial charge in [-0.1, -0.05) is 58.8 Å². The molecule has 1 amide bonds. The van der Waals surface area contributed by atoms with Crippen LogP contribution in [0.4, 0.5) is 0 Å². The first-order valence-corrected chi connectivity index (χ1v) is 8.85. The third-order valence-electron chi connectivity index (χ3n) is 3.93. The van der Waals surface area contributed by atoms with Crippen LogP contribution in [0.2, 0.25) is 0 Å². The molecule has 0 radical (unpaired) electrons. The average Bonchev–Trinajstić information content (AvgIpc) is 3.01. The number of carbonyl (C=O) groups is 1. The van der Waals surface area contributed by atoms with E-state index in [1.54, 1.807) is 6.92 Å². The minimum atomic E-state index is -0.621. The van der Waals surface area contributed by atoms with Crippen molar-refractivity contribution in [2.24, 2.45) is 0 Å². The van der Waals surface area contributed by atoms with Crippen LogP contribution < -0.4 is 10.1 Å². The van der Waals surface area contributed by atoms with Gasteiger partial charge in [0.15, 0.2) is 11.9 Å². The van der Waals surface area contributed by atoms with Gasteiger partial charge in [-0.15, -0.1) is 0 Å². The van der Waals surface area contributed by atoms with Crippen molar-refractivity contribution in [2.75, 3.05) is 0 Å². The number of nitrogens with zero attached hydrogens (tertiary/aromatic N) is 2. The Labute approximate surface area is 155 Å². The molecule has 0 saturated carbocycles. The van der Waals surface area contributed by atoms with Gasteiger partial charge >= 0.3 is 0 Å². The van der Waals surface area contributed by atoms with Gasteiger partial charge < -0.3 is 14.6 Å². The van der Waals surface area contributed by atoms with Gasteiger partial charge in [0.2, 0.25) is 5.89 Å². The maximum absolute atomic E-state index is 12.2. The average molecular weight is 359 g/mol. The van der Waals surface area contributed by atoms with E-state index < -0.39 is 6.10 Å². The maximum atomic E-state index is 12.2. The summed E-state index contributed by atoms with van der Waals surface area (Å²) in [5, 5.41) is 6.66. The van der Waals surface area contributed by atoms with E-state index in [-0.39, 0.29) is 23.3 Å². The Bertz CT molecular complexity index is 737. The monoisotopic (exact) mass is 359 g/mol. The van der Waals surface area contributed by atoms with Crippen molar-refractivity contribution >= 4 is 5.91 Å². The predicted octanol–water partition coefficient (Wildman–Crippen LogP) is 3.75. The predicted molar refractivity (Wildman–Crippen MR) is 100 cm³/mol. The van der Waals surface area contributed by atoms with E-state index in [9.17, 15) is 4.79 Å². The summed E-state index contributed by atoms with van der Waals surface area (Å²) in [6, 6.07) is 7.82. The van der Waals surface area contributed by atoms with Gasteiger partial charge in [-0.3, -0.25) is 4.79 Å². The summed E-state index contributed by atoms with van der Waals surface area (Å²) in [6.45, 7) is 14.3. The molecular weight excluding hydrogens is 330 g/mol. The molecule has 1 N–H and O–H groups in total. The largest absolute Gasteiger partial charge is 0.481 e. The molecule has 2 aromatic rings. The number of carbonyl (C=O) groups excluding carboxylic acids is 1. The van der Waals surface area contributed by atoms with Gasteiger partial charge in [0.25, 0.3) is 5.91 Å². The Morgan fingerprint density at radius 2 is 1.73 bits per heavy atom. The molecule has 2 rings (SSSR count). The second-order valence-electron chi connectivity index (χ2n) is 8.52. The molecule has 0 bridgehead atoms. The Kier molecular flexibility index (Phi) is 5.74. The third kappa shape index (κ3) is 5.31. The van der Waals surface area contributed by atoms with Gasteiger partial charge in [-0.25, -0.2) is 0 Å². The summed E-state index contributed by atoms with van der Waals surface area (Å²) < 4.78 is 10.9. The van der Waals surface area contributed by atoms with Crippen molar-refractivity contribution in [1.29, 1.82) is 0 Å². The minimum Gasteiger partial charge on any atom is -0.481 e. The molecule has 0 spiro atoms. The molecular formula is C20H29N3O3. The highest BCUT2D eigenvalue weighted by Gasteiger charge is 2.22. The summed E-state index contributed by atoms with van der Waals surface area (Å²) in [4.78, 5) is 16.5. The fourth-order valence-electron chi connectivity index (χ4n) is 2.23. The quantitative estimate of drug-likeness (QED) is 0.880. The van der Waals surface area contributed by atoms with Crippen LogP contribution in [0.3, 0.4) is 0 Å². The van der Waals surface area contributed by atoms with Gasteiger partial charge in [-0.05, 0) is 30.0 Å². The SMILES string of the molecule is C[C@@H](Oc1ccc(C(C)(C)C)cc1)C(=O)NCc1noc(C(C)(C)C)n1. The van der Waals surface area contributed by atoms with Crippen LogP contribution >= 0.6 is 0 Å². The zero-order valence-corrected chi connectivity index (χ0v) is 16.7. The maximum Gasteiger partial charge on any atom is 0.261 e. The highest BCUT2D eigenvalue weighted by atomic mass is 16.5. The van der Waals surface area contributed by atoms with Gasteiger partial charge in [0.1, 0.15) is 5.75 Å². The lowest BCUT2D eigenvalue weighted by molar-refractivity contribution is -0.127. The number of hydrogen-bond acceptors (Lipinski definition) is 5. The van der Waals surface area contributed by atoms with Crippen molar-refractivity contribution in [1.82, 2.24) is 15.5 Å². The summed E-state index contributed by atoms with van der Waals surface area (Å²) in [7, 11) is 0. The Morgan fingerprint density at radius 1 is 1.12 bits per heavy atom. The smallest absolute Gasteiger partial charge is 0.261 e. The number of benzene rings is 1. The lowest BCUT2D eigenvalue weighted by Crippen LogP contribution is -2.36. The normalized spacial score (nSPS) is 13.3. The molecule has 1 heterocycles. The molecule has 6 nitrogen and oxygen atoms in total. The second-order valence-corrected chi connectivity index (χ2v) is 8.52. The number of amides is 1. The summed E-state index contributed by atoms with van der Waals surface area (Å²) in [6.07, 6.45) is -0.621. The van der Waals surface area contributed by atoms with E-state index in [1.807, 2.05) is 45.0 Å². The van der Waals surface area contributed by atoms with E-state index in [0.717, 1.165) is 0 Å². The van der Waals surface area contributed by atoms with Crippen molar-refractivity contribution in [3.8, 4) is 5.75 Å². The number of rotatable bonds is 5. The van der Waals surface area contributed by atoms with E-state index >= 15 is 0 Å². The number of aromatic nitrogens is 2. The highest BCUT2D eigenvalue weighted by molar-refractivity contribution is 5.80. The zero-order valence-electron chi connectivity index (χ0n) is 16.7. The van der Waals surface area contributed by atoms with Crippen molar-refractivity contribution in [3.63, 3.8) is 0 Å². The first-order valence-electron chi connectivity index (χ1n) is 8.85. The van der Waals surface area contributed by atoms with Crippen LogP contribution in [0, 0.1) is 0 Å². The molecule has 1 aromatic carbocycles. The lowest BCUT2D eigenvalue weighted by atomic mass is 9.87. The second kappa shape index (κ2) is 7.48. The van der Waals surface area contributed by atoms with Crippen LogP contribution in [-0.4, -0.2) is 22.2 Å². The Balaban J connectivity index is 1.88. The zero-order chi connectivity index (χ0) is 19.5. The Morgan fingerprint density at radius 3 is 2.23 bits per heavy atom. The molecule has 1 atom stereocenters. The molecule has 1 aromatic heterocycles. The van der Waals surface area contributed by atoms with E-state index in [2.05, 4.69) is 36.2 Å². The molecule has 0 fully saturated rings. The first kappa shape index (κ1) is 19.9. The summed E-state index contributed by atoms with van der Waals surface area (Å²) in [5.74, 6) is 1.43. The molecule has 0 aliphatic rings. The molecule has 0 aliphatic carbocycles. The van der Waals surface area contributed by atoms with Crippen LogP contribution in [0.5, 0.6) is 5.75 Å². The number of nitrogens with one attached hydrogen (secondary N) is 1. The summed E-state index contributed by atoms with van der Waals surface area (Å²) >= 11 is 0. The van der Waals surface area contributed by atoms with Gasteiger partial charge in [-0.2, -0.15) is 4.98 Å². The lowest BCUT2D eigenvalue weighted by Gasteiger charge is -2.20. The molecule has 0 saturated heterocycles. The summed E-state index contributed by atoms with van der Waals surface area (Å²) in [5.41, 5.74) is 1.08. The standard InChI is InChI=1S/C20H29N3O3/c1-13(25-15-10-8-14(9-11-15)19(2,3)4)17(24)21-12-16-22-18(26-23-16)20(5,6)7/h8-11,13H,12H2,1-7H3,(H,21,24)/t13-/m1/s1. The van der Waals surface area contributed by atoms with Crippen LogP contribution in [0.15, 0.2) is 28.8 Å². The molecule has 26 heavy (non-hydrogen) atoms. The Hall–Kier alpha value is -2.37. The van der Waals surface area contributed by atoms with Gasteiger partial charge in [0.05, 0.1) is 6.54 Å². The van der Waals surface area contributed by atoms with Crippen LogP contribution in [0.1, 0.15) is 65.7 Å². The number of ether oxygens (including phenoxy) is 1. The number of hydrogen-bond donors (Lipinski definition) is 1. The van der Waals surface area contributed by atoms with E-state index in [0.29, 0.717) is 17.5 Å². The fraction of sp³-hybridized carbons (Fsp3) is 0.550. The first-order chi connectivity index (χ1) is 12.0. The van der Waals surface area contributed by atoms with Crippen molar-refractivity contribution in [2.45, 2.75) is 71.9 Å². The topological polar surface area (TPSA) is 77.2 Å². The fourth-order valence-corrected chi connectivity index (χ4v) is 2.23. The highest BCUT2D eigenvalue weighted by Crippen LogP contribution is 2.24. The van der Waals surface area contributed by atoms with Crippen molar-refractivity contribution in [3.05, 3.63) is 41.5 Å². The minimum absolute atomic E-state index is 0.0814. The molecule has 142 valence electrons. The van der Waals surface area contributed by atoms with Crippen LogP contribution in [-0.2, 0) is 22.2 Å². The third-order valence-corrected chi connectivity index (χ3v) is 3.93. The van der Waals surface area contributed by atoms with E-state index in [4.69, 9.17) is 9.26 Å². The molecule has 6 heteroatoms. The van der Waals surface area contributed by atoms with Gasteiger partial charge in [0, 0.05) is 5.41 Å². The van der Waals surface area contributed by atoms with E-state index in [1.165, 1.54) is 5.56 Å². The van der Waals surface area contributed by atoms with Crippen molar-refractivity contribution < 1.29 is 14.1 Å². The van der Waals surface area contributed by atoms with Crippen LogP contribution in [0.25, 0.3) is 0 Å². The molecule has 0 unspecified atom stereocenters. The molecule has 0 aliphatic heterocycles.